The van der Waals surface area contributed by atoms with Gasteiger partial charge in [-0.2, -0.15) is 0 Å². The summed E-state index contributed by atoms with van der Waals surface area (Å²) in [7, 11) is 3.31. The smallest absolute Gasteiger partial charge is 0.267 e. The Labute approximate surface area is 84.5 Å². The summed E-state index contributed by atoms with van der Waals surface area (Å²) < 4.78 is 7.28. The Morgan fingerprint density at radius 3 is 2.67 bits per heavy atom. The number of hydrogen-bond donors (Lipinski definition) is 0. The number of methoxy groups -OCH3 is 1. The van der Waals surface area contributed by atoms with Gasteiger partial charge in [0.2, 0.25) is 0 Å². The number of hydrogen-bond acceptors (Lipinski definition) is 2. The van der Waals surface area contributed by atoms with Crippen molar-refractivity contribution in [1.29, 1.82) is 0 Å². The molecule has 4 heteroatoms. The number of pyridine rings is 1. The predicted molar refractivity (Wildman–Crippen MR) is 55.7 cm³/mol. The van der Waals surface area contributed by atoms with Gasteiger partial charge in [-0.05, 0) is 29.5 Å². The maximum absolute atomic E-state index is 11.4. The van der Waals surface area contributed by atoms with E-state index < -0.39 is 0 Å². The van der Waals surface area contributed by atoms with Gasteiger partial charge < -0.3 is 9.30 Å². The molecule has 0 atom stereocenters. The molecule has 1 rings (SSSR count). The lowest BCUT2D eigenvalue weighted by molar-refractivity contribution is 0.406. The molecular formula is C8H10INO2. The molecule has 0 N–H and O–H groups in total. The molecule has 0 radical (unpaired) electrons. The Balaban J connectivity index is 3.52. The van der Waals surface area contributed by atoms with Crippen molar-refractivity contribution < 1.29 is 4.74 Å². The van der Waals surface area contributed by atoms with E-state index in [0.717, 1.165) is 5.56 Å². The summed E-state index contributed by atoms with van der Waals surface area (Å²) >= 11 is 2.00. The minimum Gasteiger partial charge on any atom is -0.495 e. The maximum Gasteiger partial charge on any atom is 0.267 e. The number of nitrogens with zero attached hydrogens (tertiary/aromatic N) is 1. The first kappa shape index (κ1) is 9.57. The topological polar surface area (TPSA) is 31.2 Å². The molecule has 0 bridgehead atoms. The third-order valence-corrected chi connectivity index (χ3v) is 2.61. The van der Waals surface area contributed by atoms with E-state index in [0.29, 0.717) is 9.32 Å². The highest BCUT2D eigenvalue weighted by Crippen LogP contribution is 2.20. The number of aromatic nitrogens is 1. The zero-order valence-electron chi connectivity index (χ0n) is 7.22. The highest BCUT2D eigenvalue weighted by Gasteiger charge is 2.08. The average Bonchev–Trinajstić information content (AvgIpc) is 2.01. The van der Waals surface area contributed by atoms with Gasteiger partial charge in [0, 0.05) is 18.8 Å². The SMILES string of the molecule is COc1c(C)cn(C)c(=O)c1I. The summed E-state index contributed by atoms with van der Waals surface area (Å²) in [6, 6.07) is 0. The molecule has 0 aliphatic rings. The zero-order valence-corrected chi connectivity index (χ0v) is 9.38. The van der Waals surface area contributed by atoms with Crippen molar-refractivity contribution in [2.45, 2.75) is 6.92 Å². The summed E-state index contributed by atoms with van der Waals surface area (Å²) in [6.45, 7) is 1.92. The van der Waals surface area contributed by atoms with Gasteiger partial charge in [0.05, 0.1) is 7.11 Å². The van der Waals surface area contributed by atoms with E-state index >= 15 is 0 Å². The predicted octanol–water partition coefficient (Wildman–Crippen LogP) is 1.31. The lowest BCUT2D eigenvalue weighted by Gasteiger charge is -2.08. The standard InChI is InChI=1S/C8H10INO2/c1-5-4-10(2)8(11)6(9)7(5)12-3/h4H,1-3H3. The number of ether oxygens (including phenoxy) is 1. The molecule has 0 fully saturated rings. The highest BCUT2D eigenvalue weighted by molar-refractivity contribution is 14.1. The fourth-order valence-corrected chi connectivity index (χ4v) is 2.11. The second-order valence-corrected chi connectivity index (χ2v) is 3.65. The third kappa shape index (κ3) is 1.48. The minimum absolute atomic E-state index is 0.0157. The van der Waals surface area contributed by atoms with Gasteiger partial charge in [-0.25, -0.2) is 0 Å². The van der Waals surface area contributed by atoms with E-state index in [-0.39, 0.29) is 5.56 Å². The van der Waals surface area contributed by atoms with E-state index in [2.05, 4.69) is 0 Å². The van der Waals surface area contributed by atoms with Gasteiger partial charge in [-0.15, -0.1) is 0 Å². The first-order valence-electron chi connectivity index (χ1n) is 3.47. The lowest BCUT2D eigenvalue weighted by atomic mass is 10.3. The molecule has 0 saturated heterocycles. The van der Waals surface area contributed by atoms with E-state index in [4.69, 9.17) is 4.74 Å². The molecule has 0 aliphatic heterocycles. The second kappa shape index (κ2) is 3.47. The van der Waals surface area contributed by atoms with Crippen LogP contribution in [-0.2, 0) is 7.05 Å². The molecule has 0 aromatic carbocycles. The van der Waals surface area contributed by atoms with Crippen LogP contribution in [0.25, 0.3) is 0 Å². The van der Waals surface area contributed by atoms with Crippen LogP contribution in [0.1, 0.15) is 5.56 Å². The van der Waals surface area contributed by atoms with Gasteiger partial charge in [0.15, 0.2) is 0 Å². The summed E-state index contributed by atoms with van der Waals surface area (Å²) in [5.74, 6) is 0.679. The van der Waals surface area contributed by atoms with Crippen LogP contribution < -0.4 is 10.3 Å². The molecule has 1 aromatic rings. The van der Waals surface area contributed by atoms with Crippen molar-refractivity contribution in [1.82, 2.24) is 4.57 Å². The molecule has 66 valence electrons. The van der Waals surface area contributed by atoms with Crippen LogP contribution in [0.5, 0.6) is 5.75 Å². The highest BCUT2D eigenvalue weighted by atomic mass is 127. The Morgan fingerprint density at radius 2 is 2.17 bits per heavy atom. The van der Waals surface area contributed by atoms with Crippen LogP contribution in [0.2, 0.25) is 0 Å². The Morgan fingerprint density at radius 1 is 1.58 bits per heavy atom. The molecule has 0 saturated carbocycles. The minimum atomic E-state index is -0.0157. The molecule has 0 unspecified atom stereocenters. The maximum atomic E-state index is 11.4. The van der Waals surface area contributed by atoms with Crippen molar-refractivity contribution in [3.05, 3.63) is 25.7 Å². The molecule has 0 spiro atoms. The third-order valence-electron chi connectivity index (χ3n) is 1.66. The van der Waals surface area contributed by atoms with Crippen LogP contribution in [0.15, 0.2) is 11.0 Å². The lowest BCUT2D eigenvalue weighted by Crippen LogP contribution is -2.20. The van der Waals surface area contributed by atoms with Crippen LogP contribution >= 0.6 is 22.6 Å². The normalized spacial score (nSPS) is 10.0. The Kier molecular flexibility index (Phi) is 2.76. The first-order valence-corrected chi connectivity index (χ1v) is 4.55. The molecule has 0 aliphatic carbocycles. The van der Waals surface area contributed by atoms with E-state index in [9.17, 15) is 4.79 Å². The molecule has 1 heterocycles. The quantitative estimate of drug-likeness (QED) is 0.726. The molecule has 12 heavy (non-hydrogen) atoms. The first-order chi connectivity index (χ1) is 5.57. The van der Waals surface area contributed by atoms with E-state index in [1.165, 1.54) is 0 Å². The molecule has 0 amide bonds. The van der Waals surface area contributed by atoms with Crippen molar-refractivity contribution in [3.8, 4) is 5.75 Å². The summed E-state index contributed by atoms with van der Waals surface area (Å²) in [5, 5.41) is 0. The van der Waals surface area contributed by atoms with Crippen molar-refractivity contribution in [2.24, 2.45) is 7.05 Å². The van der Waals surface area contributed by atoms with Gasteiger partial charge >= 0.3 is 0 Å². The van der Waals surface area contributed by atoms with Crippen LogP contribution in [0.3, 0.4) is 0 Å². The number of halogens is 1. The van der Waals surface area contributed by atoms with Crippen molar-refractivity contribution >= 4 is 22.6 Å². The van der Waals surface area contributed by atoms with Crippen LogP contribution in [-0.4, -0.2) is 11.7 Å². The second-order valence-electron chi connectivity index (χ2n) is 2.58. The Hall–Kier alpha value is -0.520. The number of rotatable bonds is 1. The van der Waals surface area contributed by atoms with Gasteiger partial charge in [-0.1, -0.05) is 0 Å². The number of aryl methyl sites for hydroxylation is 2. The van der Waals surface area contributed by atoms with Crippen LogP contribution in [0, 0.1) is 10.5 Å². The fraction of sp³-hybridized carbons (Fsp3) is 0.375. The van der Waals surface area contributed by atoms with Gasteiger partial charge in [0.1, 0.15) is 9.32 Å². The van der Waals surface area contributed by atoms with Gasteiger partial charge in [0.25, 0.3) is 5.56 Å². The summed E-state index contributed by atoms with van der Waals surface area (Å²) in [6.07, 6.45) is 1.77. The van der Waals surface area contributed by atoms with Crippen LogP contribution in [0.4, 0.5) is 0 Å². The monoisotopic (exact) mass is 279 g/mol. The molecular weight excluding hydrogens is 269 g/mol. The fourth-order valence-electron chi connectivity index (χ4n) is 1.08. The van der Waals surface area contributed by atoms with E-state index in [1.54, 1.807) is 24.9 Å². The van der Waals surface area contributed by atoms with E-state index in [1.807, 2.05) is 29.5 Å². The molecule has 3 nitrogen and oxygen atoms in total. The summed E-state index contributed by atoms with van der Waals surface area (Å²) in [4.78, 5) is 11.4. The zero-order chi connectivity index (χ0) is 9.30. The van der Waals surface area contributed by atoms with Gasteiger partial charge in [-0.3, -0.25) is 4.79 Å². The largest absolute Gasteiger partial charge is 0.495 e. The average molecular weight is 279 g/mol. The molecule has 1 aromatic heterocycles. The Bertz CT molecular complexity index is 357. The van der Waals surface area contributed by atoms with Crippen molar-refractivity contribution in [3.63, 3.8) is 0 Å². The summed E-state index contributed by atoms with van der Waals surface area (Å²) in [5.41, 5.74) is 0.960. The van der Waals surface area contributed by atoms with Crippen molar-refractivity contribution in [2.75, 3.05) is 7.11 Å².